The van der Waals surface area contributed by atoms with Crippen LogP contribution in [0.25, 0.3) is 0 Å². The molecule has 0 bridgehead atoms. The van der Waals surface area contributed by atoms with Gasteiger partial charge in [0.1, 0.15) is 0 Å². The highest BCUT2D eigenvalue weighted by atomic mass is 16.4. The van der Waals surface area contributed by atoms with Crippen molar-refractivity contribution in [2.45, 2.75) is 51.7 Å². The summed E-state index contributed by atoms with van der Waals surface area (Å²) in [6.07, 6.45) is 3.52. The number of aliphatic hydroxyl groups is 1. The Labute approximate surface area is 120 Å². The van der Waals surface area contributed by atoms with Crippen LogP contribution in [-0.4, -0.2) is 28.3 Å². The van der Waals surface area contributed by atoms with Crippen molar-refractivity contribution in [3.8, 4) is 0 Å². The Kier molecular flexibility index (Phi) is 6.68. The van der Waals surface area contributed by atoms with E-state index < -0.39 is 11.6 Å². The predicted octanol–water partition coefficient (Wildman–Crippen LogP) is 2.81. The van der Waals surface area contributed by atoms with E-state index >= 15 is 0 Å². The van der Waals surface area contributed by atoms with Gasteiger partial charge >= 0.3 is 5.97 Å². The first-order chi connectivity index (χ1) is 9.50. The third-order valence-electron chi connectivity index (χ3n) is 3.41. The summed E-state index contributed by atoms with van der Waals surface area (Å²) in [6.45, 7) is 5.35. The Morgan fingerprint density at radius 2 is 1.70 bits per heavy atom. The van der Waals surface area contributed by atoms with Gasteiger partial charge in [0.05, 0.1) is 11.2 Å². The fraction of sp³-hybridized carbons (Fsp3) is 0.562. The van der Waals surface area contributed by atoms with Crippen LogP contribution in [-0.2, 0) is 6.54 Å². The van der Waals surface area contributed by atoms with E-state index in [0.717, 1.165) is 31.2 Å². The number of carboxylic acid groups (broad SMARTS) is 1. The molecule has 0 saturated heterocycles. The lowest BCUT2D eigenvalue weighted by Crippen LogP contribution is -2.40. The number of hydrogen-bond donors (Lipinski definition) is 3. The molecule has 0 heterocycles. The quantitative estimate of drug-likeness (QED) is 0.650. The first-order valence-corrected chi connectivity index (χ1v) is 7.26. The van der Waals surface area contributed by atoms with Gasteiger partial charge in [-0.1, -0.05) is 38.8 Å². The number of aromatic carboxylic acids is 1. The van der Waals surface area contributed by atoms with E-state index in [1.807, 2.05) is 0 Å². The monoisotopic (exact) mass is 279 g/mol. The lowest BCUT2D eigenvalue weighted by molar-refractivity contribution is 0.0215. The molecule has 0 aromatic heterocycles. The van der Waals surface area contributed by atoms with E-state index in [-0.39, 0.29) is 0 Å². The third kappa shape index (κ3) is 5.31. The summed E-state index contributed by atoms with van der Waals surface area (Å²) in [6, 6.07) is 6.80. The molecule has 0 spiro atoms. The molecule has 0 aliphatic heterocycles. The number of carboxylic acids is 1. The first-order valence-electron chi connectivity index (χ1n) is 7.26. The van der Waals surface area contributed by atoms with Gasteiger partial charge in [0, 0.05) is 13.1 Å². The van der Waals surface area contributed by atoms with E-state index in [9.17, 15) is 9.90 Å². The lowest BCUT2D eigenvalue weighted by Gasteiger charge is -2.28. The molecule has 0 aliphatic carbocycles. The van der Waals surface area contributed by atoms with Gasteiger partial charge in [0.2, 0.25) is 0 Å². The van der Waals surface area contributed by atoms with Crippen molar-refractivity contribution in [1.82, 2.24) is 5.32 Å². The second-order valence-electron chi connectivity index (χ2n) is 5.33. The Hall–Kier alpha value is -1.39. The number of hydrogen-bond acceptors (Lipinski definition) is 3. The summed E-state index contributed by atoms with van der Waals surface area (Å²) in [4.78, 5) is 10.8. The minimum atomic E-state index is -0.912. The Morgan fingerprint density at radius 3 is 2.15 bits per heavy atom. The highest BCUT2D eigenvalue weighted by Crippen LogP contribution is 2.18. The fourth-order valence-corrected chi connectivity index (χ4v) is 2.44. The molecule has 4 heteroatoms. The zero-order chi connectivity index (χ0) is 15.0. The lowest BCUT2D eigenvalue weighted by atomic mass is 9.92. The molecule has 20 heavy (non-hydrogen) atoms. The minimum absolute atomic E-state index is 0.294. The Bertz CT molecular complexity index is 408. The van der Waals surface area contributed by atoms with Crippen LogP contribution in [0.5, 0.6) is 0 Å². The number of nitrogens with one attached hydrogen (secondary N) is 1. The SMILES string of the molecule is CCCC(O)(CCC)CNCc1ccc(C(=O)O)cc1. The summed E-state index contributed by atoms with van der Waals surface area (Å²) >= 11 is 0. The molecule has 0 saturated carbocycles. The molecule has 4 nitrogen and oxygen atoms in total. The fourth-order valence-electron chi connectivity index (χ4n) is 2.44. The second-order valence-corrected chi connectivity index (χ2v) is 5.33. The van der Waals surface area contributed by atoms with Crippen molar-refractivity contribution in [3.05, 3.63) is 35.4 Å². The summed E-state index contributed by atoms with van der Waals surface area (Å²) in [5.41, 5.74) is 0.678. The molecular weight excluding hydrogens is 254 g/mol. The van der Waals surface area contributed by atoms with Gasteiger partial charge < -0.3 is 15.5 Å². The van der Waals surface area contributed by atoms with Crippen molar-refractivity contribution in [2.75, 3.05) is 6.54 Å². The largest absolute Gasteiger partial charge is 0.478 e. The summed E-state index contributed by atoms with van der Waals surface area (Å²) in [7, 11) is 0. The van der Waals surface area contributed by atoms with Crippen molar-refractivity contribution >= 4 is 5.97 Å². The van der Waals surface area contributed by atoms with Gasteiger partial charge in [-0.25, -0.2) is 4.79 Å². The molecule has 1 aromatic rings. The third-order valence-corrected chi connectivity index (χ3v) is 3.41. The van der Waals surface area contributed by atoms with Crippen molar-refractivity contribution in [3.63, 3.8) is 0 Å². The van der Waals surface area contributed by atoms with Crippen molar-refractivity contribution in [1.29, 1.82) is 0 Å². The average Bonchev–Trinajstić information content (AvgIpc) is 2.39. The highest BCUT2D eigenvalue weighted by molar-refractivity contribution is 5.87. The Balaban J connectivity index is 2.48. The van der Waals surface area contributed by atoms with E-state index in [1.54, 1.807) is 24.3 Å². The smallest absolute Gasteiger partial charge is 0.335 e. The molecular formula is C16H25NO3. The van der Waals surface area contributed by atoms with Crippen LogP contribution in [0.4, 0.5) is 0 Å². The minimum Gasteiger partial charge on any atom is -0.478 e. The number of benzene rings is 1. The topological polar surface area (TPSA) is 69.6 Å². The molecule has 0 aliphatic rings. The second kappa shape index (κ2) is 8.02. The number of rotatable bonds is 9. The van der Waals surface area contributed by atoms with Crippen LogP contribution in [0.2, 0.25) is 0 Å². The molecule has 112 valence electrons. The average molecular weight is 279 g/mol. The molecule has 3 N–H and O–H groups in total. The van der Waals surface area contributed by atoms with Crippen LogP contribution in [0.15, 0.2) is 24.3 Å². The Morgan fingerprint density at radius 1 is 1.15 bits per heavy atom. The molecule has 1 rings (SSSR count). The van der Waals surface area contributed by atoms with Gasteiger partial charge in [-0.2, -0.15) is 0 Å². The molecule has 1 aromatic carbocycles. The van der Waals surface area contributed by atoms with Crippen LogP contribution < -0.4 is 5.32 Å². The predicted molar refractivity (Wildman–Crippen MR) is 79.9 cm³/mol. The van der Waals surface area contributed by atoms with E-state index in [0.29, 0.717) is 18.7 Å². The molecule has 0 unspecified atom stereocenters. The normalized spacial score (nSPS) is 11.6. The maximum Gasteiger partial charge on any atom is 0.335 e. The maximum absolute atomic E-state index is 10.8. The summed E-state index contributed by atoms with van der Waals surface area (Å²) in [5.74, 6) is -0.912. The standard InChI is InChI=1S/C16H25NO3/c1-3-9-16(20,10-4-2)12-17-11-13-5-7-14(8-6-13)15(18)19/h5-8,17,20H,3-4,9-12H2,1-2H3,(H,18,19). The van der Waals surface area contributed by atoms with Crippen LogP contribution in [0, 0.1) is 0 Å². The molecule has 0 radical (unpaired) electrons. The number of carbonyl (C=O) groups is 1. The summed E-state index contributed by atoms with van der Waals surface area (Å²) < 4.78 is 0. The first kappa shape index (κ1) is 16.7. The zero-order valence-corrected chi connectivity index (χ0v) is 12.4. The van der Waals surface area contributed by atoms with Crippen molar-refractivity contribution < 1.29 is 15.0 Å². The van der Waals surface area contributed by atoms with Crippen LogP contribution >= 0.6 is 0 Å². The molecule has 0 fully saturated rings. The van der Waals surface area contributed by atoms with Gasteiger partial charge in [0.15, 0.2) is 0 Å². The van der Waals surface area contributed by atoms with Crippen molar-refractivity contribution in [2.24, 2.45) is 0 Å². The zero-order valence-electron chi connectivity index (χ0n) is 12.4. The van der Waals surface area contributed by atoms with Gasteiger partial charge in [-0.3, -0.25) is 0 Å². The van der Waals surface area contributed by atoms with Gasteiger partial charge in [0.25, 0.3) is 0 Å². The molecule has 0 amide bonds. The molecule has 0 atom stereocenters. The highest BCUT2D eigenvalue weighted by Gasteiger charge is 2.23. The van der Waals surface area contributed by atoms with E-state index in [1.165, 1.54) is 0 Å². The van der Waals surface area contributed by atoms with E-state index in [4.69, 9.17) is 5.11 Å². The van der Waals surface area contributed by atoms with Gasteiger partial charge in [-0.15, -0.1) is 0 Å². The van der Waals surface area contributed by atoms with Crippen LogP contribution in [0.1, 0.15) is 55.5 Å². The van der Waals surface area contributed by atoms with E-state index in [2.05, 4.69) is 19.2 Å². The van der Waals surface area contributed by atoms with Crippen LogP contribution in [0.3, 0.4) is 0 Å². The summed E-state index contributed by atoms with van der Waals surface area (Å²) in [5, 5.41) is 22.6. The maximum atomic E-state index is 10.8. The van der Waals surface area contributed by atoms with Gasteiger partial charge in [-0.05, 0) is 30.5 Å².